The molecular weight excluding hydrogens is 396 g/mol. The van der Waals surface area contributed by atoms with Gasteiger partial charge in [0.05, 0.1) is 11.5 Å². The number of halogens is 1. The zero-order chi connectivity index (χ0) is 21.0. The van der Waals surface area contributed by atoms with Crippen LogP contribution in [0.4, 0.5) is 5.69 Å². The van der Waals surface area contributed by atoms with Crippen LogP contribution in [-0.4, -0.2) is 29.6 Å². The molecule has 1 aliphatic rings. The predicted octanol–water partition coefficient (Wildman–Crippen LogP) is 3.77. The molecule has 2 aromatic carbocycles. The van der Waals surface area contributed by atoms with Crippen molar-refractivity contribution in [3.63, 3.8) is 0 Å². The Kier molecular flexibility index (Phi) is 5.95. The molecule has 1 amide bonds. The topological polar surface area (TPSA) is 90.7 Å². The summed E-state index contributed by atoms with van der Waals surface area (Å²) in [4.78, 5) is 22.6. The first-order valence-electron chi connectivity index (χ1n) is 8.88. The molecule has 0 saturated carbocycles. The van der Waals surface area contributed by atoms with Crippen molar-refractivity contribution in [1.82, 2.24) is 5.32 Å². The van der Waals surface area contributed by atoms with Gasteiger partial charge in [0.15, 0.2) is 11.5 Å². The molecule has 0 unspecified atom stereocenters. The van der Waals surface area contributed by atoms with E-state index in [2.05, 4.69) is 17.2 Å². The van der Waals surface area contributed by atoms with Gasteiger partial charge in [-0.05, 0) is 32.0 Å². The van der Waals surface area contributed by atoms with Crippen LogP contribution >= 0.6 is 11.6 Å². The summed E-state index contributed by atoms with van der Waals surface area (Å²) >= 11 is 5.83. The molecule has 29 heavy (non-hydrogen) atoms. The van der Waals surface area contributed by atoms with Gasteiger partial charge >= 0.3 is 0 Å². The third-order valence-electron chi connectivity index (χ3n) is 4.22. The SMILES string of the molecule is CC1(C)Cc2cccc(OCC#CCNC(=O)c3cc(Cl)ccc3[N+](=O)[O-])c2O1. The molecule has 0 aromatic heterocycles. The Bertz CT molecular complexity index is 1020. The predicted molar refractivity (Wildman–Crippen MR) is 109 cm³/mol. The number of hydrogen-bond acceptors (Lipinski definition) is 5. The maximum absolute atomic E-state index is 12.2. The van der Waals surface area contributed by atoms with E-state index in [0.717, 1.165) is 17.7 Å². The standard InChI is InChI=1S/C21H19ClN2O5/c1-21(2)13-14-6-5-7-18(19(14)29-21)28-11-4-3-10-23-20(25)16-12-15(22)8-9-17(16)24(26)27/h5-9,12H,10-11,13H2,1-2H3,(H,23,25). The van der Waals surface area contributed by atoms with Gasteiger partial charge < -0.3 is 14.8 Å². The molecule has 0 fully saturated rings. The highest BCUT2D eigenvalue weighted by atomic mass is 35.5. The average Bonchev–Trinajstić information content (AvgIpc) is 2.98. The highest BCUT2D eigenvalue weighted by Gasteiger charge is 2.32. The molecule has 0 radical (unpaired) electrons. The number of ether oxygens (including phenoxy) is 2. The Labute approximate surface area is 173 Å². The lowest BCUT2D eigenvalue weighted by atomic mass is 10.0. The molecule has 1 N–H and O–H groups in total. The first kappa shape index (κ1) is 20.5. The van der Waals surface area contributed by atoms with Crippen molar-refractivity contribution in [3.8, 4) is 23.3 Å². The first-order valence-corrected chi connectivity index (χ1v) is 9.26. The molecule has 1 heterocycles. The number of fused-ring (bicyclic) bond motifs is 1. The number of hydrogen-bond donors (Lipinski definition) is 1. The zero-order valence-electron chi connectivity index (χ0n) is 16.0. The van der Waals surface area contributed by atoms with Crippen LogP contribution in [-0.2, 0) is 6.42 Å². The number of amides is 1. The van der Waals surface area contributed by atoms with Crippen LogP contribution in [0.3, 0.4) is 0 Å². The van der Waals surface area contributed by atoms with Crippen LogP contribution in [0.15, 0.2) is 36.4 Å². The molecule has 0 atom stereocenters. The Balaban J connectivity index is 1.54. The summed E-state index contributed by atoms with van der Waals surface area (Å²) in [6.07, 6.45) is 0.812. The van der Waals surface area contributed by atoms with Gasteiger partial charge in [0.25, 0.3) is 11.6 Å². The van der Waals surface area contributed by atoms with E-state index in [1.807, 2.05) is 32.0 Å². The molecule has 8 heteroatoms. The van der Waals surface area contributed by atoms with E-state index in [9.17, 15) is 14.9 Å². The van der Waals surface area contributed by atoms with Crippen LogP contribution in [0.2, 0.25) is 5.02 Å². The van der Waals surface area contributed by atoms with E-state index in [1.54, 1.807) is 0 Å². The van der Waals surface area contributed by atoms with Gasteiger partial charge in [0.1, 0.15) is 17.8 Å². The van der Waals surface area contributed by atoms with Crippen molar-refractivity contribution in [2.45, 2.75) is 25.9 Å². The van der Waals surface area contributed by atoms with E-state index in [1.165, 1.54) is 18.2 Å². The third-order valence-corrected chi connectivity index (χ3v) is 4.45. The van der Waals surface area contributed by atoms with E-state index in [-0.39, 0.29) is 35.0 Å². The minimum Gasteiger partial charge on any atom is -0.483 e. The number of carbonyl (C=O) groups excluding carboxylic acids is 1. The quantitative estimate of drug-likeness (QED) is 0.457. The number of nitro benzene ring substituents is 1. The van der Waals surface area contributed by atoms with Gasteiger partial charge in [-0.25, -0.2) is 0 Å². The van der Waals surface area contributed by atoms with Crippen molar-refractivity contribution in [3.05, 3.63) is 62.7 Å². The van der Waals surface area contributed by atoms with Gasteiger partial charge in [0.2, 0.25) is 0 Å². The fourth-order valence-corrected chi connectivity index (χ4v) is 3.17. The highest BCUT2D eigenvalue weighted by Crippen LogP contribution is 2.41. The molecule has 3 rings (SSSR count). The molecule has 0 spiro atoms. The highest BCUT2D eigenvalue weighted by molar-refractivity contribution is 6.31. The number of carbonyl (C=O) groups is 1. The van der Waals surface area contributed by atoms with Crippen LogP contribution in [0.5, 0.6) is 11.5 Å². The monoisotopic (exact) mass is 414 g/mol. The van der Waals surface area contributed by atoms with Crippen LogP contribution < -0.4 is 14.8 Å². The van der Waals surface area contributed by atoms with Crippen molar-refractivity contribution in [2.75, 3.05) is 13.2 Å². The van der Waals surface area contributed by atoms with Crippen LogP contribution in [0, 0.1) is 22.0 Å². The molecule has 1 aliphatic heterocycles. The van der Waals surface area contributed by atoms with E-state index < -0.39 is 10.8 Å². The summed E-state index contributed by atoms with van der Waals surface area (Å²) < 4.78 is 11.6. The third kappa shape index (κ3) is 4.98. The number of nitrogens with zero attached hydrogens (tertiary/aromatic N) is 1. The first-order chi connectivity index (χ1) is 13.8. The van der Waals surface area contributed by atoms with E-state index in [0.29, 0.717) is 5.75 Å². The second-order valence-electron chi connectivity index (χ2n) is 7.03. The molecule has 7 nitrogen and oxygen atoms in total. The van der Waals surface area contributed by atoms with Crippen LogP contribution in [0.25, 0.3) is 0 Å². The summed E-state index contributed by atoms with van der Waals surface area (Å²) in [5, 5.41) is 13.8. The van der Waals surface area contributed by atoms with Crippen molar-refractivity contribution in [1.29, 1.82) is 0 Å². The zero-order valence-corrected chi connectivity index (χ0v) is 16.7. The lowest BCUT2D eigenvalue weighted by Gasteiger charge is -2.17. The summed E-state index contributed by atoms with van der Waals surface area (Å²) in [7, 11) is 0. The lowest BCUT2D eigenvalue weighted by molar-refractivity contribution is -0.385. The Hall–Kier alpha value is -3.24. The van der Waals surface area contributed by atoms with Crippen molar-refractivity contribution < 1.29 is 19.2 Å². The van der Waals surface area contributed by atoms with Gasteiger partial charge in [-0.15, -0.1) is 0 Å². The number of nitro groups is 1. The maximum Gasteiger partial charge on any atom is 0.282 e. The fraction of sp³-hybridized carbons (Fsp3) is 0.286. The second kappa shape index (κ2) is 8.41. The minimum absolute atomic E-state index is 0.0162. The average molecular weight is 415 g/mol. The maximum atomic E-state index is 12.2. The van der Waals surface area contributed by atoms with Crippen molar-refractivity contribution >= 4 is 23.2 Å². The summed E-state index contributed by atoms with van der Waals surface area (Å²) in [6, 6.07) is 9.54. The van der Waals surface area contributed by atoms with Gasteiger partial charge in [0, 0.05) is 23.1 Å². The molecule has 2 aromatic rings. The number of para-hydroxylation sites is 1. The Morgan fingerprint density at radius 1 is 1.34 bits per heavy atom. The second-order valence-corrected chi connectivity index (χ2v) is 7.46. The van der Waals surface area contributed by atoms with E-state index in [4.69, 9.17) is 21.1 Å². The molecule has 0 aliphatic carbocycles. The Morgan fingerprint density at radius 3 is 2.90 bits per heavy atom. The smallest absolute Gasteiger partial charge is 0.282 e. The summed E-state index contributed by atoms with van der Waals surface area (Å²) in [5.74, 6) is 6.30. The summed E-state index contributed by atoms with van der Waals surface area (Å²) in [5.41, 5.74) is 0.404. The largest absolute Gasteiger partial charge is 0.483 e. The molecular formula is C21H19ClN2O5. The summed E-state index contributed by atoms with van der Waals surface area (Å²) in [6.45, 7) is 4.17. The van der Waals surface area contributed by atoms with Gasteiger partial charge in [-0.2, -0.15) is 0 Å². The molecule has 150 valence electrons. The van der Waals surface area contributed by atoms with E-state index >= 15 is 0 Å². The fourth-order valence-electron chi connectivity index (χ4n) is 3.00. The minimum atomic E-state index is -0.633. The molecule has 0 saturated heterocycles. The number of benzene rings is 2. The van der Waals surface area contributed by atoms with Gasteiger partial charge in [-0.1, -0.05) is 35.6 Å². The Morgan fingerprint density at radius 2 is 2.14 bits per heavy atom. The number of rotatable bonds is 5. The normalized spacial score (nSPS) is 13.5. The van der Waals surface area contributed by atoms with Gasteiger partial charge in [-0.3, -0.25) is 14.9 Å². The molecule has 0 bridgehead atoms. The lowest BCUT2D eigenvalue weighted by Crippen LogP contribution is -2.24. The van der Waals surface area contributed by atoms with Crippen molar-refractivity contribution in [2.24, 2.45) is 0 Å². The van der Waals surface area contributed by atoms with Crippen LogP contribution in [0.1, 0.15) is 29.8 Å². The number of nitrogens with one attached hydrogen (secondary N) is 1.